The molecular weight excluding hydrogens is 264 g/mol. The van der Waals surface area contributed by atoms with Crippen LogP contribution in [-0.4, -0.2) is 28.9 Å². The van der Waals surface area contributed by atoms with E-state index in [-0.39, 0.29) is 30.3 Å². The SMILES string of the molecule is CC(C)(C)NC(=O)CCNC(=O)c1csc(CN)n1. The number of amides is 2. The van der Waals surface area contributed by atoms with Crippen molar-refractivity contribution in [2.75, 3.05) is 6.54 Å². The summed E-state index contributed by atoms with van der Waals surface area (Å²) in [7, 11) is 0. The first-order chi connectivity index (χ1) is 8.81. The molecule has 1 heterocycles. The summed E-state index contributed by atoms with van der Waals surface area (Å²) in [6.45, 7) is 6.34. The van der Waals surface area contributed by atoms with Crippen molar-refractivity contribution in [3.63, 3.8) is 0 Å². The molecule has 0 atom stereocenters. The summed E-state index contributed by atoms with van der Waals surface area (Å²) >= 11 is 1.35. The number of hydrogen-bond donors (Lipinski definition) is 3. The van der Waals surface area contributed by atoms with Gasteiger partial charge in [0.15, 0.2) is 0 Å². The zero-order chi connectivity index (χ0) is 14.5. The number of nitrogens with one attached hydrogen (secondary N) is 2. The summed E-state index contributed by atoms with van der Waals surface area (Å²) in [5.41, 5.74) is 5.52. The lowest BCUT2D eigenvalue weighted by Gasteiger charge is -2.20. The second kappa shape index (κ2) is 6.63. The Morgan fingerprint density at radius 3 is 2.63 bits per heavy atom. The average Bonchev–Trinajstić information content (AvgIpc) is 2.74. The molecule has 7 heteroatoms. The van der Waals surface area contributed by atoms with Crippen molar-refractivity contribution in [2.24, 2.45) is 5.73 Å². The van der Waals surface area contributed by atoms with Crippen molar-refractivity contribution in [1.29, 1.82) is 0 Å². The lowest BCUT2D eigenvalue weighted by Crippen LogP contribution is -2.42. The van der Waals surface area contributed by atoms with Crippen LogP contribution in [0.1, 0.15) is 42.7 Å². The molecule has 0 aliphatic rings. The Hall–Kier alpha value is -1.47. The molecule has 0 saturated carbocycles. The van der Waals surface area contributed by atoms with Crippen LogP contribution in [0.4, 0.5) is 0 Å². The molecule has 0 bridgehead atoms. The van der Waals surface area contributed by atoms with Crippen molar-refractivity contribution in [2.45, 2.75) is 39.3 Å². The first kappa shape index (κ1) is 15.6. The molecule has 0 radical (unpaired) electrons. The van der Waals surface area contributed by atoms with Gasteiger partial charge in [-0.3, -0.25) is 9.59 Å². The maximum Gasteiger partial charge on any atom is 0.270 e. The van der Waals surface area contributed by atoms with E-state index >= 15 is 0 Å². The Bertz CT molecular complexity index is 451. The van der Waals surface area contributed by atoms with Crippen LogP contribution in [0.5, 0.6) is 0 Å². The third-order valence-corrected chi connectivity index (χ3v) is 2.98. The zero-order valence-corrected chi connectivity index (χ0v) is 12.3. The van der Waals surface area contributed by atoms with Crippen LogP contribution in [0.3, 0.4) is 0 Å². The maximum atomic E-state index is 11.7. The first-order valence-corrected chi connectivity index (χ1v) is 6.93. The van der Waals surface area contributed by atoms with E-state index in [4.69, 9.17) is 5.73 Å². The quantitative estimate of drug-likeness (QED) is 0.739. The number of carbonyl (C=O) groups excluding carboxylic acids is 2. The highest BCUT2D eigenvalue weighted by Gasteiger charge is 2.14. The van der Waals surface area contributed by atoms with E-state index in [0.717, 1.165) is 5.01 Å². The molecule has 1 aromatic rings. The van der Waals surface area contributed by atoms with Gasteiger partial charge in [0.25, 0.3) is 5.91 Å². The minimum absolute atomic E-state index is 0.0891. The van der Waals surface area contributed by atoms with E-state index in [2.05, 4.69) is 15.6 Å². The highest BCUT2D eigenvalue weighted by atomic mass is 32.1. The van der Waals surface area contributed by atoms with Crippen molar-refractivity contribution in [3.8, 4) is 0 Å². The molecule has 0 fully saturated rings. The molecule has 0 aromatic carbocycles. The Balaban J connectivity index is 2.33. The van der Waals surface area contributed by atoms with Gasteiger partial charge in [0.05, 0.1) is 0 Å². The third-order valence-electron chi connectivity index (χ3n) is 2.11. The molecular formula is C12H20N4O2S. The molecule has 1 aromatic heterocycles. The van der Waals surface area contributed by atoms with Gasteiger partial charge in [-0.25, -0.2) is 4.98 Å². The smallest absolute Gasteiger partial charge is 0.270 e. The van der Waals surface area contributed by atoms with Crippen molar-refractivity contribution in [3.05, 3.63) is 16.1 Å². The molecule has 4 N–H and O–H groups in total. The van der Waals surface area contributed by atoms with Gasteiger partial charge >= 0.3 is 0 Å². The molecule has 0 spiro atoms. The van der Waals surface area contributed by atoms with Crippen molar-refractivity contribution < 1.29 is 9.59 Å². The molecule has 106 valence electrons. The minimum Gasteiger partial charge on any atom is -0.351 e. The number of nitrogens with two attached hydrogens (primary N) is 1. The number of thiazole rings is 1. The van der Waals surface area contributed by atoms with Crippen LogP contribution in [0.2, 0.25) is 0 Å². The average molecular weight is 284 g/mol. The maximum absolute atomic E-state index is 11.7. The highest BCUT2D eigenvalue weighted by molar-refractivity contribution is 7.09. The molecule has 0 aliphatic heterocycles. The van der Waals surface area contributed by atoms with Gasteiger partial charge in [-0.1, -0.05) is 0 Å². The van der Waals surface area contributed by atoms with Crippen LogP contribution >= 0.6 is 11.3 Å². The second-order valence-electron chi connectivity index (χ2n) is 5.13. The third kappa shape index (κ3) is 5.80. The van der Waals surface area contributed by atoms with E-state index < -0.39 is 0 Å². The fourth-order valence-corrected chi connectivity index (χ4v) is 2.02. The number of hydrogen-bond acceptors (Lipinski definition) is 5. The van der Waals surface area contributed by atoms with Crippen LogP contribution in [0, 0.1) is 0 Å². The summed E-state index contributed by atoms with van der Waals surface area (Å²) < 4.78 is 0. The summed E-state index contributed by atoms with van der Waals surface area (Å²) in [5.74, 6) is -0.367. The van der Waals surface area contributed by atoms with Gasteiger partial charge in [0.2, 0.25) is 5.91 Å². The molecule has 1 rings (SSSR count). The number of carbonyl (C=O) groups is 2. The Morgan fingerprint density at radius 2 is 2.11 bits per heavy atom. The van der Waals surface area contributed by atoms with Crippen LogP contribution < -0.4 is 16.4 Å². The molecule has 0 aliphatic carbocycles. The number of rotatable bonds is 5. The molecule has 2 amide bonds. The summed E-state index contributed by atoms with van der Waals surface area (Å²) in [4.78, 5) is 27.3. The van der Waals surface area contributed by atoms with Gasteiger partial charge in [-0.15, -0.1) is 11.3 Å². The van der Waals surface area contributed by atoms with E-state index in [1.54, 1.807) is 5.38 Å². The van der Waals surface area contributed by atoms with Gasteiger partial charge < -0.3 is 16.4 Å². The largest absolute Gasteiger partial charge is 0.351 e. The van der Waals surface area contributed by atoms with E-state index in [1.165, 1.54) is 11.3 Å². The Morgan fingerprint density at radius 1 is 1.42 bits per heavy atom. The Kier molecular flexibility index (Phi) is 5.44. The van der Waals surface area contributed by atoms with E-state index in [0.29, 0.717) is 12.2 Å². The van der Waals surface area contributed by atoms with Gasteiger partial charge in [0.1, 0.15) is 10.7 Å². The van der Waals surface area contributed by atoms with Gasteiger partial charge in [0, 0.05) is 30.4 Å². The van der Waals surface area contributed by atoms with Crippen LogP contribution in [0.25, 0.3) is 0 Å². The predicted molar refractivity (Wildman–Crippen MR) is 74.9 cm³/mol. The molecule has 19 heavy (non-hydrogen) atoms. The molecule has 0 saturated heterocycles. The standard InChI is InChI=1S/C12H20N4O2S/c1-12(2,3)16-9(17)4-5-14-11(18)8-7-19-10(6-13)15-8/h7H,4-6,13H2,1-3H3,(H,14,18)(H,16,17). The number of nitrogens with zero attached hydrogens (tertiary/aromatic N) is 1. The van der Waals surface area contributed by atoms with E-state index in [1.807, 2.05) is 20.8 Å². The molecule has 0 unspecified atom stereocenters. The van der Waals surface area contributed by atoms with Crippen LogP contribution in [-0.2, 0) is 11.3 Å². The fraction of sp³-hybridized carbons (Fsp3) is 0.583. The lowest BCUT2D eigenvalue weighted by atomic mass is 10.1. The monoisotopic (exact) mass is 284 g/mol. The second-order valence-corrected chi connectivity index (χ2v) is 6.08. The normalized spacial score (nSPS) is 11.2. The minimum atomic E-state index is -0.278. The van der Waals surface area contributed by atoms with Crippen molar-refractivity contribution in [1.82, 2.24) is 15.6 Å². The summed E-state index contributed by atoms with van der Waals surface area (Å²) in [5, 5.41) is 7.86. The van der Waals surface area contributed by atoms with Crippen molar-refractivity contribution >= 4 is 23.2 Å². The predicted octanol–water partition coefficient (Wildman–Crippen LogP) is 0.636. The summed E-state index contributed by atoms with van der Waals surface area (Å²) in [6.07, 6.45) is 0.247. The fourth-order valence-electron chi connectivity index (χ4n) is 1.37. The highest BCUT2D eigenvalue weighted by Crippen LogP contribution is 2.08. The lowest BCUT2D eigenvalue weighted by molar-refractivity contribution is -0.122. The topological polar surface area (TPSA) is 97.1 Å². The van der Waals surface area contributed by atoms with Crippen LogP contribution in [0.15, 0.2) is 5.38 Å². The van der Waals surface area contributed by atoms with E-state index in [9.17, 15) is 9.59 Å². The van der Waals surface area contributed by atoms with Gasteiger partial charge in [-0.2, -0.15) is 0 Å². The Labute approximate surface area is 116 Å². The number of aromatic nitrogens is 1. The zero-order valence-electron chi connectivity index (χ0n) is 11.4. The summed E-state index contributed by atoms with van der Waals surface area (Å²) in [6, 6.07) is 0. The first-order valence-electron chi connectivity index (χ1n) is 6.05. The van der Waals surface area contributed by atoms with Gasteiger partial charge in [-0.05, 0) is 20.8 Å². The molecule has 6 nitrogen and oxygen atoms in total.